The monoisotopic (exact) mass is 377 g/mol. The molecule has 146 valence electrons. The number of amides is 2. The molecule has 0 spiro atoms. The fraction of sp³-hybridized carbons (Fsp3) is 0.391. The van der Waals surface area contributed by atoms with Gasteiger partial charge < -0.3 is 10.6 Å². The van der Waals surface area contributed by atoms with E-state index in [0.29, 0.717) is 12.2 Å². The van der Waals surface area contributed by atoms with Crippen molar-refractivity contribution >= 4 is 17.5 Å². The lowest BCUT2D eigenvalue weighted by Gasteiger charge is -2.28. The van der Waals surface area contributed by atoms with Crippen LogP contribution in [0.5, 0.6) is 0 Å². The van der Waals surface area contributed by atoms with Gasteiger partial charge in [-0.2, -0.15) is 0 Å². The average molecular weight is 377 g/mol. The van der Waals surface area contributed by atoms with Crippen molar-refractivity contribution in [1.82, 2.24) is 9.80 Å². The van der Waals surface area contributed by atoms with Crippen molar-refractivity contribution in [1.29, 1.82) is 0 Å². The van der Waals surface area contributed by atoms with Crippen LogP contribution in [0, 0.1) is 0 Å². The van der Waals surface area contributed by atoms with Crippen LogP contribution in [0.25, 0.3) is 0 Å². The fourth-order valence-electron chi connectivity index (χ4n) is 4.41. The fourth-order valence-corrected chi connectivity index (χ4v) is 4.41. The van der Waals surface area contributed by atoms with Crippen molar-refractivity contribution in [2.24, 2.45) is 0 Å². The number of hydrogen-bond acceptors (Lipinski definition) is 4. The molecule has 4 rings (SSSR count). The summed E-state index contributed by atoms with van der Waals surface area (Å²) in [5, 5.41) is 0. The molecule has 2 aliphatic heterocycles. The van der Waals surface area contributed by atoms with E-state index in [4.69, 9.17) is 5.73 Å². The van der Waals surface area contributed by atoms with Crippen LogP contribution in [0.3, 0.4) is 0 Å². The van der Waals surface area contributed by atoms with Gasteiger partial charge in [-0.3, -0.25) is 14.5 Å². The maximum absolute atomic E-state index is 13.3. The van der Waals surface area contributed by atoms with E-state index in [0.717, 1.165) is 30.8 Å². The number of anilines is 1. The van der Waals surface area contributed by atoms with Crippen LogP contribution >= 0.6 is 0 Å². The number of piperidine rings is 1. The van der Waals surface area contributed by atoms with Crippen LogP contribution in [0.1, 0.15) is 42.2 Å². The predicted octanol–water partition coefficient (Wildman–Crippen LogP) is 2.99. The molecule has 0 bridgehead atoms. The first-order chi connectivity index (χ1) is 13.6. The maximum atomic E-state index is 13.3. The molecule has 2 atom stereocenters. The number of benzene rings is 2. The summed E-state index contributed by atoms with van der Waals surface area (Å²) in [4.78, 5) is 30.5. The number of rotatable bonds is 5. The van der Waals surface area contributed by atoms with Crippen LogP contribution in [-0.4, -0.2) is 47.8 Å². The lowest BCUT2D eigenvalue weighted by Crippen LogP contribution is -2.40. The molecule has 0 radical (unpaired) electrons. The van der Waals surface area contributed by atoms with Gasteiger partial charge in [0, 0.05) is 18.8 Å². The second-order valence-corrected chi connectivity index (χ2v) is 7.76. The summed E-state index contributed by atoms with van der Waals surface area (Å²) in [5.74, 6) is -1.15. The minimum Gasteiger partial charge on any atom is -0.399 e. The molecule has 2 aliphatic rings. The molecule has 2 N–H and O–H groups in total. The molecular formula is C23H27N3O2. The van der Waals surface area contributed by atoms with Gasteiger partial charge in [0.15, 0.2) is 0 Å². The van der Waals surface area contributed by atoms with Gasteiger partial charge in [-0.1, -0.05) is 48.9 Å². The number of nitrogens with zero attached hydrogens (tertiary/aromatic N) is 2. The van der Waals surface area contributed by atoms with Crippen molar-refractivity contribution in [3.05, 3.63) is 65.7 Å². The molecule has 0 aromatic heterocycles. The van der Waals surface area contributed by atoms with E-state index in [9.17, 15) is 9.59 Å². The molecule has 5 heteroatoms. The maximum Gasteiger partial charge on any atom is 0.237 e. The summed E-state index contributed by atoms with van der Waals surface area (Å²) in [7, 11) is 0. The van der Waals surface area contributed by atoms with E-state index in [2.05, 4.69) is 4.90 Å². The predicted molar refractivity (Wildman–Crippen MR) is 110 cm³/mol. The van der Waals surface area contributed by atoms with E-state index in [1.165, 1.54) is 24.2 Å². The van der Waals surface area contributed by atoms with Gasteiger partial charge in [-0.25, -0.2) is 0 Å². The Morgan fingerprint density at radius 1 is 0.750 bits per heavy atom. The molecule has 0 aliphatic carbocycles. The number of carbonyl (C=O) groups is 2. The highest BCUT2D eigenvalue weighted by molar-refractivity contribution is 6.10. The lowest BCUT2D eigenvalue weighted by atomic mass is 9.83. The zero-order valence-corrected chi connectivity index (χ0v) is 16.1. The molecular weight excluding hydrogens is 350 g/mol. The SMILES string of the molecule is Nc1ccc([C@H]2C(=O)N(CCN3CCCCC3)C(=O)[C@H]2c2ccccc2)cc1. The van der Waals surface area contributed by atoms with Gasteiger partial charge in [0.05, 0.1) is 11.8 Å². The minimum atomic E-state index is -0.489. The number of hydrogen-bond donors (Lipinski definition) is 1. The third kappa shape index (κ3) is 3.67. The van der Waals surface area contributed by atoms with E-state index >= 15 is 0 Å². The minimum absolute atomic E-state index is 0.0879. The molecule has 2 heterocycles. The van der Waals surface area contributed by atoms with Gasteiger partial charge in [0.2, 0.25) is 11.8 Å². The van der Waals surface area contributed by atoms with Crippen LogP contribution < -0.4 is 5.73 Å². The first-order valence-electron chi connectivity index (χ1n) is 10.1. The zero-order valence-electron chi connectivity index (χ0n) is 16.1. The molecule has 2 amide bonds. The van der Waals surface area contributed by atoms with Gasteiger partial charge in [0.1, 0.15) is 0 Å². The Balaban J connectivity index is 1.61. The summed E-state index contributed by atoms with van der Waals surface area (Å²) in [5.41, 5.74) is 8.22. The summed E-state index contributed by atoms with van der Waals surface area (Å²) in [6.07, 6.45) is 3.67. The second kappa shape index (κ2) is 8.15. The standard InChI is InChI=1S/C23H27N3O2/c24-19-11-9-18(10-12-19)21-20(17-7-3-1-4-8-17)22(27)26(23(21)28)16-15-25-13-5-2-6-14-25/h1,3-4,7-12,20-21H,2,5-6,13-16,24H2/t20-,21+/m0/s1. The molecule has 2 aromatic rings. The van der Waals surface area contributed by atoms with Crippen LogP contribution in [0.2, 0.25) is 0 Å². The molecule has 0 saturated carbocycles. The van der Waals surface area contributed by atoms with E-state index in [-0.39, 0.29) is 11.8 Å². The van der Waals surface area contributed by atoms with Crippen molar-refractivity contribution in [3.8, 4) is 0 Å². The largest absolute Gasteiger partial charge is 0.399 e. The van der Waals surface area contributed by atoms with Crippen molar-refractivity contribution in [3.63, 3.8) is 0 Å². The Morgan fingerprint density at radius 2 is 1.32 bits per heavy atom. The highest BCUT2D eigenvalue weighted by atomic mass is 16.2. The van der Waals surface area contributed by atoms with Crippen molar-refractivity contribution < 1.29 is 9.59 Å². The Hall–Kier alpha value is -2.66. The highest BCUT2D eigenvalue weighted by Gasteiger charge is 2.48. The lowest BCUT2D eigenvalue weighted by molar-refractivity contribution is -0.139. The molecule has 2 fully saturated rings. The van der Waals surface area contributed by atoms with Gasteiger partial charge >= 0.3 is 0 Å². The average Bonchev–Trinajstić information content (AvgIpc) is 2.98. The van der Waals surface area contributed by atoms with E-state index in [1.54, 1.807) is 12.1 Å². The van der Waals surface area contributed by atoms with Crippen molar-refractivity contribution in [2.45, 2.75) is 31.1 Å². The Labute approximate surface area is 166 Å². The molecule has 2 aromatic carbocycles. The molecule has 2 saturated heterocycles. The number of nitrogen functional groups attached to an aromatic ring is 1. The summed E-state index contributed by atoms with van der Waals surface area (Å²) in [6, 6.07) is 17.0. The number of likely N-dealkylation sites (tertiary alicyclic amines) is 2. The highest BCUT2D eigenvalue weighted by Crippen LogP contribution is 2.41. The smallest absolute Gasteiger partial charge is 0.237 e. The van der Waals surface area contributed by atoms with Gasteiger partial charge in [-0.15, -0.1) is 0 Å². The summed E-state index contributed by atoms with van der Waals surface area (Å²) in [6.45, 7) is 3.33. The van der Waals surface area contributed by atoms with Crippen LogP contribution in [0.15, 0.2) is 54.6 Å². The van der Waals surface area contributed by atoms with Crippen LogP contribution in [-0.2, 0) is 9.59 Å². The van der Waals surface area contributed by atoms with Gasteiger partial charge in [-0.05, 0) is 49.2 Å². The quantitative estimate of drug-likeness (QED) is 0.643. The molecule has 0 unspecified atom stereocenters. The zero-order chi connectivity index (χ0) is 19.5. The van der Waals surface area contributed by atoms with E-state index < -0.39 is 11.8 Å². The number of imide groups is 1. The Morgan fingerprint density at radius 3 is 1.93 bits per heavy atom. The second-order valence-electron chi connectivity index (χ2n) is 7.76. The number of nitrogens with two attached hydrogens (primary N) is 1. The van der Waals surface area contributed by atoms with Gasteiger partial charge in [0.25, 0.3) is 0 Å². The molecule has 5 nitrogen and oxygen atoms in total. The van der Waals surface area contributed by atoms with Crippen molar-refractivity contribution in [2.75, 3.05) is 31.9 Å². The molecule has 28 heavy (non-hydrogen) atoms. The van der Waals surface area contributed by atoms with Crippen LogP contribution in [0.4, 0.5) is 5.69 Å². The summed E-state index contributed by atoms with van der Waals surface area (Å²) >= 11 is 0. The normalized spacial score (nSPS) is 23.4. The number of carbonyl (C=O) groups excluding carboxylic acids is 2. The Kier molecular flexibility index (Phi) is 5.44. The third-order valence-corrected chi connectivity index (χ3v) is 5.94. The first kappa shape index (κ1) is 18.7. The Bertz CT molecular complexity index is 829. The summed E-state index contributed by atoms with van der Waals surface area (Å²) < 4.78 is 0. The topological polar surface area (TPSA) is 66.6 Å². The van der Waals surface area contributed by atoms with E-state index in [1.807, 2.05) is 42.5 Å². The first-order valence-corrected chi connectivity index (χ1v) is 10.1. The third-order valence-electron chi connectivity index (χ3n) is 5.94.